The van der Waals surface area contributed by atoms with E-state index in [1.807, 2.05) is 7.05 Å². The molecule has 7 heteroatoms. The first-order valence-electron chi connectivity index (χ1n) is 8.82. The predicted octanol–water partition coefficient (Wildman–Crippen LogP) is 1.85. The molecule has 0 radical (unpaired) electrons. The Kier molecular flexibility index (Phi) is 7.80. The SMILES string of the molecule is CN=C(NCc1ccc(N2CCNC(=O)C2)cc1)NC1CCCC1.I. The number of rotatable bonds is 4. The van der Waals surface area contributed by atoms with Crippen LogP contribution in [0.2, 0.25) is 0 Å². The zero-order chi connectivity index (χ0) is 16.8. The zero-order valence-corrected chi connectivity index (χ0v) is 17.1. The summed E-state index contributed by atoms with van der Waals surface area (Å²) in [5.41, 5.74) is 2.30. The van der Waals surface area contributed by atoms with E-state index < -0.39 is 0 Å². The number of anilines is 1. The van der Waals surface area contributed by atoms with Gasteiger partial charge in [-0.1, -0.05) is 25.0 Å². The van der Waals surface area contributed by atoms with Crippen molar-refractivity contribution in [3.05, 3.63) is 29.8 Å². The summed E-state index contributed by atoms with van der Waals surface area (Å²) in [6.45, 7) is 2.76. The van der Waals surface area contributed by atoms with Crippen LogP contribution in [0.15, 0.2) is 29.3 Å². The molecule has 1 aromatic carbocycles. The van der Waals surface area contributed by atoms with Gasteiger partial charge in [-0.05, 0) is 30.5 Å². The molecule has 1 aliphatic carbocycles. The standard InChI is InChI=1S/C18H27N5O.HI/c1-19-18(22-15-4-2-3-5-15)21-12-14-6-8-16(9-7-14)23-11-10-20-17(24)13-23;/h6-9,15H,2-5,10-13H2,1H3,(H,20,24)(H2,19,21,22);1H. The summed E-state index contributed by atoms with van der Waals surface area (Å²) < 4.78 is 0. The summed E-state index contributed by atoms with van der Waals surface area (Å²) in [5.74, 6) is 0.965. The highest BCUT2D eigenvalue weighted by Crippen LogP contribution is 2.18. The number of nitrogens with one attached hydrogen (secondary N) is 3. The minimum absolute atomic E-state index is 0. The highest BCUT2D eigenvalue weighted by Gasteiger charge is 2.17. The first-order valence-corrected chi connectivity index (χ1v) is 8.82. The molecule has 1 aromatic rings. The maximum absolute atomic E-state index is 11.5. The van der Waals surface area contributed by atoms with Gasteiger partial charge in [-0.2, -0.15) is 0 Å². The molecular weight excluding hydrogens is 429 g/mol. The van der Waals surface area contributed by atoms with E-state index in [0.29, 0.717) is 19.1 Å². The Morgan fingerprint density at radius 3 is 2.64 bits per heavy atom. The van der Waals surface area contributed by atoms with E-state index in [1.165, 1.54) is 31.2 Å². The van der Waals surface area contributed by atoms with Crippen molar-refractivity contribution in [2.75, 3.05) is 31.6 Å². The highest BCUT2D eigenvalue weighted by molar-refractivity contribution is 14.0. The number of hydrogen-bond donors (Lipinski definition) is 3. The van der Waals surface area contributed by atoms with Crippen LogP contribution >= 0.6 is 24.0 Å². The fourth-order valence-corrected chi connectivity index (χ4v) is 3.33. The molecule has 0 unspecified atom stereocenters. The Bertz CT molecular complexity index is 584. The van der Waals surface area contributed by atoms with E-state index in [-0.39, 0.29) is 29.9 Å². The third-order valence-corrected chi connectivity index (χ3v) is 4.72. The van der Waals surface area contributed by atoms with Gasteiger partial charge in [-0.25, -0.2) is 0 Å². The molecule has 0 bridgehead atoms. The van der Waals surface area contributed by atoms with Crippen molar-refractivity contribution in [3.8, 4) is 0 Å². The molecule has 138 valence electrons. The maximum Gasteiger partial charge on any atom is 0.239 e. The molecule has 0 aromatic heterocycles. The summed E-state index contributed by atoms with van der Waals surface area (Å²) in [5, 5.41) is 9.72. The quantitative estimate of drug-likeness (QED) is 0.367. The Balaban J connectivity index is 0.00000225. The van der Waals surface area contributed by atoms with Crippen LogP contribution in [0.3, 0.4) is 0 Å². The van der Waals surface area contributed by atoms with Crippen molar-refractivity contribution in [3.63, 3.8) is 0 Å². The minimum atomic E-state index is 0. The lowest BCUT2D eigenvalue weighted by Crippen LogP contribution is -2.47. The van der Waals surface area contributed by atoms with Crippen LogP contribution in [0.4, 0.5) is 5.69 Å². The second-order valence-electron chi connectivity index (χ2n) is 6.49. The van der Waals surface area contributed by atoms with Gasteiger partial charge in [0.15, 0.2) is 5.96 Å². The number of amides is 1. The summed E-state index contributed by atoms with van der Waals surface area (Å²) in [7, 11) is 1.81. The third kappa shape index (κ3) is 5.76. The van der Waals surface area contributed by atoms with Gasteiger partial charge in [0.05, 0.1) is 6.54 Å². The lowest BCUT2D eigenvalue weighted by Gasteiger charge is -2.28. The number of carbonyl (C=O) groups is 1. The molecule has 0 spiro atoms. The number of guanidine groups is 1. The van der Waals surface area contributed by atoms with E-state index in [1.54, 1.807) is 0 Å². The molecule has 3 rings (SSSR count). The summed E-state index contributed by atoms with van der Waals surface area (Å²) >= 11 is 0. The smallest absolute Gasteiger partial charge is 0.239 e. The number of benzene rings is 1. The molecule has 1 aliphatic heterocycles. The van der Waals surface area contributed by atoms with Crippen LogP contribution in [0, 0.1) is 0 Å². The molecule has 6 nitrogen and oxygen atoms in total. The largest absolute Gasteiger partial charge is 0.360 e. The number of piperazine rings is 1. The Morgan fingerprint density at radius 2 is 2.00 bits per heavy atom. The van der Waals surface area contributed by atoms with E-state index >= 15 is 0 Å². The van der Waals surface area contributed by atoms with Crippen molar-refractivity contribution in [2.45, 2.75) is 38.3 Å². The average molecular weight is 457 g/mol. The van der Waals surface area contributed by atoms with E-state index in [4.69, 9.17) is 0 Å². The third-order valence-electron chi connectivity index (χ3n) is 4.72. The van der Waals surface area contributed by atoms with Crippen molar-refractivity contribution >= 4 is 41.5 Å². The first kappa shape index (κ1) is 19.8. The fraction of sp³-hybridized carbons (Fsp3) is 0.556. The second-order valence-corrected chi connectivity index (χ2v) is 6.49. The summed E-state index contributed by atoms with van der Waals surface area (Å²) in [6, 6.07) is 8.95. The average Bonchev–Trinajstić information content (AvgIpc) is 3.12. The van der Waals surface area contributed by atoms with Crippen molar-refractivity contribution in [1.82, 2.24) is 16.0 Å². The van der Waals surface area contributed by atoms with Crippen LogP contribution in [-0.4, -0.2) is 44.6 Å². The van der Waals surface area contributed by atoms with Crippen LogP contribution in [-0.2, 0) is 11.3 Å². The molecule has 2 aliphatic rings. The predicted molar refractivity (Wildman–Crippen MR) is 113 cm³/mol. The van der Waals surface area contributed by atoms with Gasteiger partial charge in [-0.15, -0.1) is 24.0 Å². The van der Waals surface area contributed by atoms with Gasteiger partial charge in [0.1, 0.15) is 0 Å². The lowest BCUT2D eigenvalue weighted by atomic mass is 10.2. The summed E-state index contributed by atoms with van der Waals surface area (Å²) in [6.07, 6.45) is 5.09. The van der Waals surface area contributed by atoms with Gasteiger partial charge in [0.2, 0.25) is 5.91 Å². The van der Waals surface area contributed by atoms with E-state index in [9.17, 15) is 4.79 Å². The van der Waals surface area contributed by atoms with Crippen LogP contribution in [0.1, 0.15) is 31.2 Å². The van der Waals surface area contributed by atoms with Gasteiger partial charge < -0.3 is 20.9 Å². The van der Waals surface area contributed by atoms with Crippen LogP contribution in [0.5, 0.6) is 0 Å². The van der Waals surface area contributed by atoms with Crippen molar-refractivity contribution < 1.29 is 4.79 Å². The highest BCUT2D eigenvalue weighted by atomic mass is 127. The number of carbonyl (C=O) groups excluding carboxylic acids is 1. The van der Waals surface area contributed by atoms with Gasteiger partial charge >= 0.3 is 0 Å². The summed E-state index contributed by atoms with van der Waals surface area (Å²) in [4.78, 5) is 17.9. The van der Waals surface area contributed by atoms with Crippen LogP contribution in [0.25, 0.3) is 0 Å². The molecule has 1 heterocycles. The molecular formula is C18H28IN5O. The second kappa shape index (κ2) is 9.84. The number of aliphatic imine (C=N–C) groups is 1. The maximum atomic E-state index is 11.5. The topological polar surface area (TPSA) is 68.8 Å². The van der Waals surface area contributed by atoms with E-state index in [0.717, 1.165) is 24.7 Å². The Morgan fingerprint density at radius 1 is 1.28 bits per heavy atom. The Hall–Kier alpha value is -1.51. The molecule has 0 atom stereocenters. The van der Waals surface area contributed by atoms with Gasteiger partial charge in [0, 0.05) is 38.4 Å². The molecule has 1 amide bonds. The molecule has 1 saturated heterocycles. The zero-order valence-electron chi connectivity index (χ0n) is 14.8. The number of nitrogens with zero attached hydrogens (tertiary/aromatic N) is 2. The minimum Gasteiger partial charge on any atom is -0.360 e. The Labute approximate surface area is 166 Å². The van der Waals surface area contributed by atoms with Crippen molar-refractivity contribution in [2.24, 2.45) is 4.99 Å². The number of halogens is 1. The first-order chi connectivity index (χ1) is 11.7. The van der Waals surface area contributed by atoms with Crippen molar-refractivity contribution in [1.29, 1.82) is 0 Å². The normalized spacial score (nSPS) is 18.5. The number of hydrogen-bond acceptors (Lipinski definition) is 3. The molecule has 1 saturated carbocycles. The molecule has 2 fully saturated rings. The van der Waals surface area contributed by atoms with E-state index in [2.05, 4.69) is 50.1 Å². The molecule has 3 N–H and O–H groups in total. The van der Waals surface area contributed by atoms with Crippen LogP contribution < -0.4 is 20.9 Å². The molecule has 25 heavy (non-hydrogen) atoms. The van der Waals surface area contributed by atoms with Gasteiger partial charge in [-0.3, -0.25) is 9.79 Å². The van der Waals surface area contributed by atoms with Gasteiger partial charge in [0.25, 0.3) is 0 Å². The monoisotopic (exact) mass is 457 g/mol. The fourth-order valence-electron chi connectivity index (χ4n) is 3.33. The lowest BCUT2D eigenvalue weighted by molar-refractivity contribution is -0.120.